The summed E-state index contributed by atoms with van der Waals surface area (Å²) in [7, 11) is 0. The predicted molar refractivity (Wildman–Crippen MR) is 119 cm³/mol. The van der Waals surface area contributed by atoms with Crippen LogP contribution in [0.5, 0.6) is 17.2 Å². The van der Waals surface area contributed by atoms with Gasteiger partial charge < -0.3 is 19.8 Å². The molecule has 1 fully saturated rings. The Hall–Kier alpha value is -4.08. The molecule has 0 saturated heterocycles. The van der Waals surface area contributed by atoms with E-state index in [4.69, 9.17) is 9.47 Å². The molecule has 7 rings (SSSR count). The zero-order valence-electron chi connectivity index (χ0n) is 18.1. The molecule has 35 heavy (non-hydrogen) atoms. The van der Waals surface area contributed by atoms with Crippen LogP contribution in [0.3, 0.4) is 0 Å². The second-order valence-corrected chi connectivity index (χ2v) is 9.04. The number of anilines is 1. The van der Waals surface area contributed by atoms with E-state index in [0.717, 1.165) is 23.3 Å². The summed E-state index contributed by atoms with van der Waals surface area (Å²) in [6.45, 7) is 0. The molecule has 4 aromatic rings. The third-order valence-corrected chi connectivity index (χ3v) is 6.93. The molecule has 1 aliphatic carbocycles. The SMILES string of the molecule is O=C1CCc2c(Oc3ccc4c(c3)[C@@]3(c5nc6ccc(C(F)(F)F)cc6[nH]5)C[C@@H]3O4)ccnc2N1. The predicted octanol–water partition coefficient (Wildman–Crippen LogP) is 5.10. The number of rotatable bonds is 3. The first kappa shape index (κ1) is 20.3. The number of hydrogen-bond acceptors (Lipinski definition) is 5. The van der Waals surface area contributed by atoms with Crippen molar-refractivity contribution >= 4 is 22.8 Å². The maximum atomic E-state index is 13.2. The number of H-pyrrole nitrogens is 1. The summed E-state index contributed by atoms with van der Waals surface area (Å²) < 4.78 is 51.7. The number of alkyl halides is 3. The number of halogens is 3. The molecule has 2 N–H and O–H groups in total. The van der Waals surface area contributed by atoms with Crippen LogP contribution >= 0.6 is 0 Å². The third kappa shape index (κ3) is 3.02. The van der Waals surface area contributed by atoms with Gasteiger partial charge in [-0.3, -0.25) is 4.79 Å². The molecule has 4 heterocycles. The summed E-state index contributed by atoms with van der Waals surface area (Å²) in [4.78, 5) is 23.6. The molecule has 0 radical (unpaired) electrons. The van der Waals surface area contributed by atoms with Gasteiger partial charge in [0.2, 0.25) is 5.91 Å². The number of carbonyl (C=O) groups excluding carboxylic acids is 1. The van der Waals surface area contributed by atoms with E-state index < -0.39 is 17.2 Å². The number of ether oxygens (including phenoxy) is 2. The van der Waals surface area contributed by atoms with Crippen molar-refractivity contribution in [2.45, 2.75) is 37.0 Å². The van der Waals surface area contributed by atoms with Crippen LogP contribution in [-0.4, -0.2) is 27.0 Å². The van der Waals surface area contributed by atoms with Gasteiger partial charge in [0.05, 0.1) is 22.0 Å². The summed E-state index contributed by atoms with van der Waals surface area (Å²) >= 11 is 0. The Morgan fingerprint density at radius 2 is 2.00 bits per heavy atom. The lowest BCUT2D eigenvalue weighted by Gasteiger charge is -2.19. The number of nitrogens with one attached hydrogen (secondary N) is 2. The summed E-state index contributed by atoms with van der Waals surface area (Å²) in [6.07, 6.45) is -1.42. The van der Waals surface area contributed by atoms with Gasteiger partial charge in [-0.05, 0) is 48.9 Å². The molecule has 3 aliphatic rings. The molecule has 176 valence electrons. The molecule has 2 atom stereocenters. The molecule has 7 nitrogen and oxygen atoms in total. The minimum absolute atomic E-state index is 0.0771. The first-order valence-corrected chi connectivity index (χ1v) is 11.2. The zero-order valence-corrected chi connectivity index (χ0v) is 18.1. The van der Waals surface area contributed by atoms with Gasteiger partial charge in [-0.2, -0.15) is 13.2 Å². The Morgan fingerprint density at radius 1 is 1.11 bits per heavy atom. The summed E-state index contributed by atoms with van der Waals surface area (Å²) in [6, 6.07) is 10.8. The fraction of sp³-hybridized carbons (Fsp3) is 0.240. The van der Waals surface area contributed by atoms with Gasteiger partial charge >= 0.3 is 6.18 Å². The first-order valence-electron chi connectivity index (χ1n) is 11.2. The molecule has 0 unspecified atom stereocenters. The molecule has 1 amide bonds. The number of amides is 1. The zero-order chi connectivity index (χ0) is 23.9. The quantitative estimate of drug-likeness (QED) is 0.428. The number of aromatic amines is 1. The number of carbonyl (C=O) groups is 1. The molecule has 2 aromatic carbocycles. The molecule has 10 heteroatoms. The van der Waals surface area contributed by atoms with Crippen molar-refractivity contribution in [1.82, 2.24) is 15.0 Å². The van der Waals surface area contributed by atoms with Crippen LogP contribution < -0.4 is 14.8 Å². The van der Waals surface area contributed by atoms with E-state index in [2.05, 4.69) is 20.3 Å². The van der Waals surface area contributed by atoms with Gasteiger partial charge in [0.15, 0.2) is 0 Å². The summed E-state index contributed by atoms with van der Waals surface area (Å²) in [5, 5.41) is 2.76. The number of imidazole rings is 1. The van der Waals surface area contributed by atoms with Crippen LogP contribution in [0.4, 0.5) is 19.0 Å². The van der Waals surface area contributed by atoms with Gasteiger partial charge in [-0.25, -0.2) is 9.97 Å². The molecule has 2 aliphatic heterocycles. The standard InChI is InChI=1S/C25H17F3N4O3/c26-25(27,28)12-1-4-16-17(9-12)31-23(30-16)24-11-20(24)35-19-5-2-13(10-15(19)24)34-18-7-8-29-22-14(18)3-6-21(33)32-22/h1-2,4-5,7-10,20H,3,6,11H2,(H,30,31)(H,29,32,33)/t20-,24-/m0/s1. The second kappa shape index (κ2) is 6.74. The van der Waals surface area contributed by atoms with Crippen molar-refractivity contribution in [2.75, 3.05) is 5.32 Å². The van der Waals surface area contributed by atoms with E-state index in [1.807, 2.05) is 12.1 Å². The summed E-state index contributed by atoms with van der Waals surface area (Å²) in [5.74, 6) is 2.90. The van der Waals surface area contributed by atoms with Gasteiger partial charge in [0.1, 0.15) is 35.0 Å². The van der Waals surface area contributed by atoms with Gasteiger partial charge in [-0.15, -0.1) is 0 Å². The number of fused-ring (bicyclic) bond motifs is 5. The van der Waals surface area contributed by atoms with Gasteiger partial charge in [0, 0.05) is 30.2 Å². The minimum atomic E-state index is -4.43. The maximum Gasteiger partial charge on any atom is 0.416 e. The molecule has 0 spiro atoms. The lowest BCUT2D eigenvalue weighted by molar-refractivity contribution is -0.137. The monoisotopic (exact) mass is 478 g/mol. The Morgan fingerprint density at radius 3 is 2.86 bits per heavy atom. The Labute approximate surface area is 196 Å². The van der Waals surface area contributed by atoms with Crippen LogP contribution in [0.15, 0.2) is 48.7 Å². The highest BCUT2D eigenvalue weighted by molar-refractivity contribution is 5.93. The van der Waals surface area contributed by atoms with Crippen molar-refractivity contribution in [2.24, 2.45) is 0 Å². The average molecular weight is 478 g/mol. The van der Waals surface area contributed by atoms with Gasteiger partial charge in [-0.1, -0.05) is 0 Å². The number of aromatic nitrogens is 3. The summed E-state index contributed by atoms with van der Waals surface area (Å²) in [5.41, 5.74) is 1.24. The lowest BCUT2D eigenvalue weighted by Crippen LogP contribution is -2.20. The number of benzene rings is 2. The van der Waals surface area contributed by atoms with Crippen molar-refractivity contribution < 1.29 is 27.4 Å². The molecule has 2 aromatic heterocycles. The number of nitrogens with zero attached hydrogens (tertiary/aromatic N) is 2. The second-order valence-electron chi connectivity index (χ2n) is 9.04. The fourth-order valence-electron chi connectivity index (χ4n) is 5.09. The van der Waals surface area contributed by atoms with Crippen LogP contribution in [0.2, 0.25) is 0 Å². The highest BCUT2D eigenvalue weighted by Crippen LogP contribution is 2.62. The van der Waals surface area contributed by atoms with E-state index in [1.165, 1.54) is 6.07 Å². The van der Waals surface area contributed by atoms with Crippen LogP contribution in [0.25, 0.3) is 11.0 Å². The van der Waals surface area contributed by atoms with Crippen molar-refractivity contribution in [3.05, 3.63) is 71.2 Å². The molecule has 1 saturated carbocycles. The molecule has 0 bridgehead atoms. The fourth-order valence-corrected chi connectivity index (χ4v) is 5.09. The van der Waals surface area contributed by atoms with E-state index in [9.17, 15) is 18.0 Å². The van der Waals surface area contributed by atoms with Crippen molar-refractivity contribution in [1.29, 1.82) is 0 Å². The minimum Gasteiger partial charge on any atom is -0.489 e. The number of pyridine rings is 1. The molecular weight excluding hydrogens is 461 g/mol. The first-order chi connectivity index (χ1) is 16.8. The Bertz CT molecular complexity index is 1550. The van der Waals surface area contributed by atoms with Gasteiger partial charge in [0.25, 0.3) is 0 Å². The van der Waals surface area contributed by atoms with Crippen molar-refractivity contribution in [3.8, 4) is 17.2 Å². The largest absolute Gasteiger partial charge is 0.489 e. The van der Waals surface area contributed by atoms with E-state index in [0.29, 0.717) is 59.2 Å². The molecular formula is C25H17F3N4O3. The van der Waals surface area contributed by atoms with Crippen LogP contribution in [0.1, 0.15) is 35.4 Å². The average Bonchev–Trinajstić information content (AvgIpc) is 3.23. The Balaban J connectivity index is 1.25. The van der Waals surface area contributed by atoms with E-state index in [-0.39, 0.29) is 12.0 Å². The highest BCUT2D eigenvalue weighted by Gasteiger charge is 2.66. The Kier molecular flexibility index (Phi) is 3.91. The van der Waals surface area contributed by atoms with Crippen molar-refractivity contribution in [3.63, 3.8) is 0 Å². The lowest BCUT2D eigenvalue weighted by atomic mass is 9.95. The van der Waals surface area contributed by atoms with Crippen LogP contribution in [0, 0.1) is 0 Å². The topological polar surface area (TPSA) is 89.1 Å². The van der Waals surface area contributed by atoms with E-state index in [1.54, 1.807) is 18.3 Å². The normalized spacial score (nSPS) is 22.1. The third-order valence-electron chi connectivity index (χ3n) is 6.93. The number of hydrogen-bond donors (Lipinski definition) is 2. The smallest absolute Gasteiger partial charge is 0.416 e. The van der Waals surface area contributed by atoms with Crippen LogP contribution in [-0.2, 0) is 22.8 Å². The van der Waals surface area contributed by atoms with E-state index >= 15 is 0 Å². The highest BCUT2D eigenvalue weighted by atomic mass is 19.4. The maximum absolute atomic E-state index is 13.2.